The number of rotatable bonds is 7. The summed E-state index contributed by atoms with van der Waals surface area (Å²) in [5, 5.41) is 9.72. The number of amides is 1. The molecule has 0 saturated heterocycles. The van der Waals surface area contributed by atoms with Crippen LogP contribution >= 0.6 is 0 Å². The summed E-state index contributed by atoms with van der Waals surface area (Å²) < 4.78 is 10.7. The Balaban J connectivity index is 2.82. The summed E-state index contributed by atoms with van der Waals surface area (Å²) in [5.74, 6) is 1.02. The van der Waals surface area contributed by atoms with E-state index in [1.165, 1.54) is 0 Å². The second-order valence-electron chi connectivity index (χ2n) is 4.43. The molecule has 1 aromatic carbocycles. The molecule has 5 heteroatoms. The average molecular weight is 281 g/mol. The Bertz CT molecular complexity index is 441. The van der Waals surface area contributed by atoms with Crippen molar-refractivity contribution in [2.45, 2.75) is 26.9 Å². The van der Waals surface area contributed by atoms with Gasteiger partial charge in [0.15, 0.2) is 6.61 Å². The highest BCUT2D eigenvalue weighted by molar-refractivity contribution is 5.77. The molecule has 0 unspecified atom stereocenters. The van der Waals surface area contributed by atoms with Gasteiger partial charge >= 0.3 is 0 Å². The van der Waals surface area contributed by atoms with E-state index in [1.54, 1.807) is 37.1 Å². The van der Waals surface area contributed by atoms with Crippen molar-refractivity contribution in [2.75, 3.05) is 26.8 Å². The van der Waals surface area contributed by atoms with Crippen molar-refractivity contribution in [2.24, 2.45) is 0 Å². The minimum atomic E-state index is -0.667. The van der Waals surface area contributed by atoms with Crippen molar-refractivity contribution < 1.29 is 19.4 Å². The third kappa shape index (κ3) is 4.13. The predicted octanol–water partition coefficient (Wildman–Crippen LogP) is 2.00. The number of likely N-dealkylation sites (N-methyl/N-ethyl adjacent to an activating group) is 1. The van der Waals surface area contributed by atoms with Crippen molar-refractivity contribution >= 4 is 5.91 Å². The van der Waals surface area contributed by atoms with Gasteiger partial charge in [-0.25, -0.2) is 0 Å². The lowest BCUT2D eigenvalue weighted by Crippen LogP contribution is -2.34. The molecule has 112 valence electrons. The fourth-order valence-electron chi connectivity index (χ4n) is 1.92. The summed E-state index contributed by atoms with van der Waals surface area (Å²) in [4.78, 5) is 13.6. The molecular weight excluding hydrogens is 258 g/mol. The molecule has 0 heterocycles. The summed E-state index contributed by atoms with van der Waals surface area (Å²) in [6.07, 6.45) is -0.667. The molecule has 0 aliphatic rings. The first-order valence-electron chi connectivity index (χ1n) is 6.80. The van der Waals surface area contributed by atoms with Gasteiger partial charge in [-0.3, -0.25) is 4.79 Å². The van der Waals surface area contributed by atoms with Gasteiger partial charge in [0.05, 0.1) is 13.2 Å². The van der Waals surface area contributed by atoms with Crippen LogP contribution in [0.5, 0.6) is 11.5 Å². The van der Waals surface area contributed by atoms with Crippen LogP contribution in [0.15, 0.2) is 18.2 Å². The number of aliphatic hydroxyl groups excluding tert-OH is 1. The van der Waals surface area contributed by atoms with Crippen LogP contribution in [0.1, 0.15) is 32.4 Å². The number of methoxy groups -OCH3 is 1. The van der Waals surface area contributed by atoms with Crippen LogP contribution in [0.2, 0.25) is 0 Å². The van der Waals surface area contributed by atoms with Gasteiger partial charge in [-0.1, -0.05) is 0 Å². The Morgan fingerprint density at radius 1 is 1.35 bits per heavy atom. The Morgan fingerprint density at radius 3 is 2.50 bits per heavy atom. The van der Waals surface area contributed by atoms with E-state index in [0.29, 0.717) is 30.2 Å². The van der Waals surface area contributed by atoms with Crippen molar-refractivity contribution in [1.82, 2.24) is 4.90 Å². The standard InChI is InChI=1S/C15H23NO4/c1-5-16(6-2)15(18)10-20-14-9-12(19-4)7-8-13(14)11(3)17/h7-9,11,17H,5-6,10H2,1-4H3/t11-/m1/s1. The normalized spacial score (nSPS) is 11.8. The Kier molecular flexibility index (Phi) is 6.31. The van der Waals surface area contributed by atoms with Crippen molar-refractivity contribution in [1.29, 1.82) is 0 Å². The lowest BCUT2D eigenvalue weighted by molar-refractivity contribution is -0.133. The molecule has 0 saturated carbocycles. The van der Waals surface area contributed by atoms with Gasteiger partial charge in [-0.2, -0.15) is 0 Å². The molecule has 1 amide bonds. The molecule has 0 aliphatic heterocycles. The van der Waals surface area contributed by atoms with Crippen LogP contribution in [0, 0.1) is 0 Å². The highest BCUT2D eigenvalue weighted by Crippen LogP contribution is 2.29. The van der Waals surface area contributed by atoms with Crippen molar-refractivity contribution in [3.05, 3.63) is 23.8 Å². The number of carbonyl (C=O) groups excluding carboxylic acids is 1. The van der Waals surface area contributed by atoms with E-state index in [-0.39, 0.29) is 12.5 Å². The van der Waals surface area contributed by atoms with Crippen LogP contribution in [0.3, 0.4) is 0 Å². The quantitative estimate of drug-likeness (QED) is 0.830. The maximum absolute atomic E-state index is 11.9. The molecule has 1 rings (SSSR count). The Morgan fingerprint density at radius 2 is 2.00 bits per heavy atom. The molecule has 1 atom stereocenters. The zero-order valence-corrected chi connectivity index (χ0v) is 12.5. The van der Waals surface area contributed by atoms with Gasteiger partial charge in [0.2, 0.25) is 0 Å². The molecule has 5 nitrogen and oxygen atoms in total. The predicted molar refractivity (Wildman–Crippen MR) is 77.1 cm³/mol. The zero-order chi connectivity index (χ0) is 15.1. The minimum absolute atomic E-state index is 0.0471. The van der Waals surface area contributed by atoms with E-state index in [1.807, 2.05) is 13.8 Å². The molecule has 0 fully saturated rings. The zero-order valence-electron chi connectivity index (χ0n) is 12.5. The van der Waals surface area contributed by atoms with Gasteiger partial charge in [-0.15, -0.1) is 0 Å². The van der Waals surface area contributed by atoms with Gasteiger partial charge in [-0.05, 0) is 32.9 Å². The topological polar surface area (TPSA) is 59.0 Å². The van der Waals surface area contributed by atoms with Crippen molar-refractivity contribution in [3.63, 3.8) is 0 Å². The van der Waals surface area contributed by atoms with Gasteiger partial charge < -0.3 is 19.5 Å². The lowest BCUT2D eigenvalue weighted by atomic mass is 10.1. The molecule has 0 spiro atoms. The van der Waals surface area contributed by atoms with E-state index < -0.39 is 6.10 Å². The minimum Gasteiger partial charge on any atom is -0.497 e. The van der Waals surface area contributed by atoms with E-state index >= 15 is 0 Å². The first-order valence-corrected chi connectivity index (χ1v) is 6.80. The first-order chi connectivity index (χ1) is 9.53. The Hall–Kier alpha value is -1.75. The molecule has 1 aromatic rings. The number of hydrogen-bond donors (Lipinski definition) is 1. The van der Waals surface area contributed by atoms with Gasteiger partial charge in [0, 0.05) is 24.7 Å². The number of ether oxygens (including phenoxy) is 2. The van der Waals surface area contributed by atoms with Crippen LogP contribution < -0.4 is 9.47 Å². The number of carbonyl (C=O) groups is 1. The second-order valence-corrected chi connectivity index (χ2v) is 4.43. The van der Waals surface area contributed by atoms with E-state index in [4.69, 9.17) is 9.47 Å². The summed E-state index contributed by atoms with van der Waals surface area (Å²) in [5.41, 5.74) is 0.637. The summed E-state index contributed by atoms with van der Waals surface area (Å²) >= 11 is 0. The lowest BCUT2D eigenvalue weighted by Gasteiger charge is -2.20. The SMILES string of the molecule is CCN(CC)C(=O)COc1cc(OC)ccc1[C@@H](C)O. The van der Waals surface area contributed by atoms with E-state index in [2.05, 4.69) is 0 Å². The number of benzene rings is 1. The summed E-state index contributed by atoms with van der Waals surface area (Å²) in [6, 6.07) is 5.17. The molecule has 0 aliphatic carbocycles. The molecule has 1 N–H and O–H groups in total. The molecule has 0 aromatic heterocycles. The molecule has 0 radical (unpaired) electrons. The monoisotopic (exact) mass is 281 g/mol. The van der Waals surface area contributed by atoms with Gasteiger partial charge in [0.1, 0.15) is 11.5 Å². The van der Waals surface area contributed by atoms with E-state index in [9.17, 15) is 9.90 Å². The second kappa shape index (κ2) is 7.75. The third-order valence-electron chi connectivity index (χ3n) is 3.14. The maximum atomic E-state index is 11.9. The van der Waals surface area contributed by atoms with Gasteiger partial charge in [0.25, 0.3) is 5.91 Å². The smallest absolute Gasteiger partial charge is 0.260 e. The number of hydrogen-bond acceptors (Lipinski definition) is 4. The van der Waals surface area contributed by atoms with Crippen LogP contribution in [-0.2, 0) is 4.79 Å². The van der Waals surface area contributed by atoms with Crippen LogP contribution in [-0.4, -0.2) is 42.7 Å². The maximum Gasteiger partial charge on any atom is 0.260 e. The number of aliphatic hydroxyl groups is 1. The van der Waals surface area contributed by atoms with E-state index in [0.717, 1.165) is 0 Å². The van der Waals surface area contributed by atoms with Crippen LogP contribution in [0.4, 0.5) is 0 Å². The highest BCUT2D eigenvalue weighted by atomic mass is 16.5. The summed E-state index contributed by atoms with van der Waals surface area (Å²) in [7, 11) is 1.56. The van der Waals surface area contributed by atoms with Crippen molar-refractivity contribution in [3.8, 4) is 11.5 Å². The highest BCUT2D eigenvalue weighted by Gasteiger charge is 2.14. The summed E-state index contributed by atoms with van der Waals surface area (Å²) in [6.45, 7) is 6.76. The molecular formula is C15H23NO4. The molecule has 0 bridgehead atoms. The molecule has 20 heavy (non-hydrogen) atoms. The third-order valence-corrected chi connectivity index (χ3v) is 3.14. The Labute approximate surface area is 120 Å². The fourth-order valence-corrected chi connectivity index (χ4v) is 1.92. The fraction of sp³-hybridized carbons (Fsp3) is 0.533. The largest absolute Gasteiger partial charge is 0.497 e. The number of nitrogens with zero attached hydrogens (tertiary/aromatic N) is 1. The first kappa shape index (κ1) is 16.3. The average Bonchev–Trinajstić information content (AvgIpc) is 2.45. The van der Waals surface area contributed by atoms with Crippen LogP contribution in [0.25, 0.3) is 0 Å².